The van der Waals surface area contributed by atoms with Crippen molar-refractivity contribution in [3.8, 4) is 34.1 Å². The molecule has 6 heteroatoms. The van der Waals surface area contributed by atoms with E-state index >= 15 is 0 Å². The molecule has 0 aliphatic carbocycles. The first-order valence-corrected chi connectivity index (χ1v) is 10.7. The van der Waals surface area contributed by atoms with Crippen LogP contribution in [0.15, 0.2) is 83.6 Å². The molecule has 4 aromatic rings. The number of hydrogen-bond acceptors (Lipinski definition) is 4. The monoisotopic (exact) mass is 491 g/mol. The predicted molar refractivity (Wildman–Crippen MR) is 128 cm³/mol. The van der Waals surface area contributed by atoms with E-state index in [1.165, 1.54) is 21.3 Å². The van der Waals surface area contributed by atoms with E-state index in [1.807, 2.05) is 71.6 Å². The maximum atomic E-state index is 13.7. The number of nitrogens with zero attached hydrogens (tertiary/aromatic N) is 1. The third-order valence-electron chi connectivity index (χ3n) is 5.19. The van der Waals surface area contributed by atoms with Gasteiger partial charge in [0.25, 0.3) is 0 Å². The highest BCUT2D eigenvalue weighted by atomic mass is 79.9. The van der Waals surface area contributed by atoms with Crippen LogP contribution in [0, 0.1) is 0 Å². The average molecular weight is 492 g/mol. The van der Waals surface area contributed by atoms with E-state index in [0.29, 0.717) is 28.4 Å². The third-order valence-corrected chi connectivity index (χ3v) is 5.68. The van der Waals surface area contributed by atoms with Crippen molar-refractivity contribution < 1.29 is 19.0 Å². The van der Waals surface area contributed by atoms with Gasteiger partial charge in [0.2, 0.25) is 5.75 Å². The molecule has 0 radical (unpaired) electrons. The highest BCUT2D eigenvalue weighted by molar-refractivity contribution is 9.10. The molecule has 5 nitrogen and oxygen atoms in total. The molecule has 0 unspecified atom stereocenters. The minimum Gasteiger partial charge on any atom is -0.493 e. The van der Waals surface area contributed by atoms with Gasteiger partial charge in [-0.2, -0.15) is 0 Å². The van der Waals surface area contributed by atoms with Crippen molar-refractivity contribution in [3.63, 3.8) is 0 Å². The lowest BCUT2D eigenvalue weighted by Gasteiger charge is -2.14. The first-order chi connectivity index (χ1) is 15.5. The van der Waals surface area contributed by atoms with Crippen molar-refractivity contribution in [3.05, 3.63) is 94.7 Å². The Labute approximate surface area is 195 Å². The van der Waals surface area contributed by atoms with Gasteiger partial charge >= 0.3 is 0 Å². The first-order valence-electron chi connectivity index (χ1n) is 9.93. The van der Waals surface area contributed by atoms with E-state index in [1.54, 1.807) is 12.1 Å². The fraction of sp³-hybridized carbons (Fsp3) is 0.115. The molecule has 0 saturated carbocycles. The molecule has 4 rings (SSSR count). The Morgan fingerprint density at radius 3 is 2.09 bits per heavy atom. The lowest BCUT2D eigenvalue weighted by atomic mass is 9.97. The summed E-state index contributed by atoms with van der Waals surface area (Å²) in [5.41, 5.74) is 3.76. The van der Waals surface area contributed by atoms with Gasteiger partial charge in [0, 0.05) is 39.2 Å². The Kier molecular flexibility index (Phi) is 6.32. The standard InChI is InChI=1S/C26H22BrNO4/c1-30-23-12-18(13-24(31-2)26(23)32-3)25(29)22-16-28(20-11-7-10-19(27)14-20)15-21(22)17-8-5-4-6-9-17/h4-16H,1-3H3. The molecule has 1 heterocycles. The molecule has 0 bridgehead atoms. The summed E-state index contributed by atoms with van der Waals surface area (Å²) in [5, 5.41) is 0. The van der Waals surface area contributed by atoms with Gasteiger partial charge in [0.05, 0.1) is 21.3 Å². The summed E-state index contributed by atoms with van der Waals surface area (Å²) in [4.78, 5) is 13.7. The zero-order valence-corrected chi connectivity index (χ0v) is 19.5. The first kappa shape index (κ1) is 21.7. The Hall–Kier alpha value is -3.51. The van der Waals surface area contributed by atoms with Gasteiger partial charge < -0.3 is 18.8 Å². The van der Waals surface area contributed by atoms with Crippen LogP contribution in [0.5, 0.6) is 17.2 Å². The number of benzene rings is 3. The molecule has 0 fully saturated rings. The number of ether oxygens (including phenoxy) is 3. The Morgan fingerprint density at radius 2 is 1.50 bits per heavy atom. The molecule has 0 aliphatic rings. The Balaban J connectivity index is 1.88. The van der Waals surface area contributed by atoms with Crippen LogP contribution in [0.1, 0.15) is 15.9 Å². The van der Waals surface area contributed by atoms with Crippen LogP contribution in [-0.2, 0) is 0 Å². The molecule has 32 heavy (non-hydrogen) atoms. The molecule has 3 aromatic carbocycles. The van der Waals surface area contributed by atoms with Gasteiger partial charge in [-0.1, -0.05) is 52.3 Å². The van der Waals surface area contributed by atoms with E-state index in [0.717, 1.165) is 21.3 Å². The number of carbonyl (C=O) groups is 1. The normalized spacial score (nSPS) is 10.6. The van der Waals surface area contributed by atoms with E-state index in [9.17, 15) is 4.79 Å². The fourth-order valence-corrected chi connectivity index (χ4v) is 4.02. The van der Waals surface area contributed by atoms with E-state index in [-0.39, 0.29) is 5.78 Å². The lowest BCUT2D eigenvalue weighted by Crippen LogP contribution is -2.04. The molecule has 0 spiro atoms. The second-order valence-corrected chi connectivity index (χ2v) is 8.00. The fourth-order valence-electron chi connectivity index (χ4n) is 3.64. The summed E-state index contributed by atoms with van der Waals surface area (Å²) in [6.07, 6.45) is 3.83. The van der Waals surface area contributed by atoms with Crippen LogP contribution in [0.2, 0.25) is 0 Å². The van der Waals surface area contributed by atoms with Crippen LogP contribution < -0.4 is 14.2 Å². The summed E-state index contributed by atoms with van der Waals surface area (Å²) < 4.78 is 19.2. The Bertz CT molecular complexity index is 1240. The predicted octanol–water partition coefficient (Wildman–Crippen LogP) is 6.16. The maximum absolute atomic E-state index is 13.7. The van der Waals surface area contributed by atoms with Crippen molar-refractivity contribution in [2.45, 2.75) is 0 Å². The van der Waals surface area contributed by atoms with Crippen LogP contribution in [0.25, 0.3) is 16.8 Å². The average Bonchev–Trinajstić information content (AvgIpc) is 3.28. The third kappa shape index (κ3) is 4.14. The summed E-state index contributed by atoms with van der Waals surface area (Å²) in [5.74, 6) is 1.17. The molecular weight excluding hydrogens is 470 g/mol. The Morgan fingerprint density at radius 1 is 0.812 bits per heavy atom. The zero-order valence-electron chi connectivity index (χ0n) is 18.0. The van der Waals surface area contributed by atoms with Crippen molar-refractivity contribution in [1.29, 1.82) is 0 Å². The molecule has 0 aliphatic heterocycles. The number of ketones is 1. The van der Waals surface area contributed by atoms with Gasteiger partial charge in [-0.3, -0.25) is 4.79 Å². The molecule has 0 N–H and O–H groups in total. The summed E-state index contributed by atoms with van der Waals surface area (Å²) in [6.45, 7) is 0. The van der Waals surface area contributed by atoms with Crippen molar-refractivity contribution in [2.75, 3.05) is 21.3 Å². The van der Waals surface area contributed by atoms with Crippen LogP contribution in [0.3, 0.4) is 0 Å². The van der Waals surface area contributed by atoms with Crippen LogP contribution >= 0.6 is 15.9 Å². The number of rotatable bonds is 7. The molecule has 0 amide bonds. The summed E-state index contributed by atoms with van der Waals surface area (Å²) >= 11 is 3.52. The second kappa shape index (κ2) is 9.32. The van der Waals surface area contributed by atoms with Crippen LogP contribution in [0.4, 0.5) is 0 Å². The smallest absolute Gasteiger partial charge is 0.203 e. The van der Waals surface area contributed by atoms with Crippen molar-refractivity contribution in [2.24, 2.45) is 0 Å². The van der Waals surface area contributed by atoms with Crippen molar-refractivity contribution >= 4 is 21.7 Å². The van der Waals surface area contributed by atoms with Gasteiger partial charge in [-0.25, -0.2) is 0 Å². The minimum absolute atomic E-state index is 0.142. The highest BCUT2D eigenvalue weighted by Crippen LogP contribution is 2.39. The minimum atomic E-state index is -0.142. The quantitative estimate of drug-likeness (QED) is 0.290. The molecule has 162 valence electrons. The summed E-state index contributed by atoms with van der Waals surface area (Å²) in [7, 11) is 4.60. The molecule has 1 aromatic heterocycles. The number of hydrogen-bond donors (Lipinski definition) is 0. The SMILES string of the molecule is COc1cc(C(=O)c2cn(-c3cccc(Br)c3)cc2-c2ccccc2)cc(OC)c1OC. The largest absolute Gasteiger partial charge is 0.493 e. The zero-order chi connectivity index (χ0) is 22.7. The van der Waals surface area contributed by atoms with E-state index < -0.39 is 0 Å². The number of halogens is 1. The number of carbonyl (C=O) groups excluding carboxylic acids is 1. The highest BCUT2D eigenvalue weighted by Gasteiger charge is 2.22. The van der Waals surface area contributed by atoms with E-state index in [2.05, 4.69) is 15.9 Å². The van der Waals surface area contributed by atoms with E-state index in [4.69, 9.17) is 14.2 Å². The van der Waals surface area contributed by atoms with Gasteiger partial charge in [-0.05, 0) is 35.9 Å². The number of methoxy groups -OCH3 is 3. The van der Waals surface area contributed by atoms with Crippen molar-refractivity contribution in [1.82, 2.24) is 4.57 Å². The lowest BCUT2D eigenvalue weighted by molar-refractivity contribution is 0.103. The maximum Gasteiger partial charge on any atom is 0.203 e. The van der Waals surface area contributed by atoms with Gasteiger partial charge in [-0.15, -0.1) is 0 Å². The summed E-state index contributed by atoms with van der Waals surface area (Å²) in [6, 6.07) is 21.1. The van der Waals surface area contributed by atoms with Crippen LogP contribution in [-0.4, -0.2) is 31.7 Å². The second-order valence-electron chi connectivity index (χ2n) is 7.08. The number of aromatic nitrogens is 1. The van der Waals surface area contributed by atoms with Gasteiger partial charge in [0.15, 0.2) is 17.3 Å². The molecule has 0 saturated heterocycles. The molecular formula is C26H22BrNO4. The topological polar surface area (TPSA) is 49.7 Å². The van der Waals surface area contributed by atoms with Gasteiger partial charge in [0.1, 0.15) is 0 Å². The molecule has 0 atom stereocenters.